The number of anilines is 1. The Kier molecular flexibility index (Phi) is 6.37. The van der Waals surface area contributed by atoms with Crippen LogP contribution in [0.25, 0.3) is 0 Å². The maximum absolute atomic E-state index is 12.6. The second-order valence-electron chi connectivity index (χ2n) is 7.18. The molecule has 9 nitrogen and oxygen atoms in total. The van der Waals surface area contributed by atoms with Crippen molar-refractivity contribution in [1.29, 1.82) is 0 Å². The highest BCUT2D eigenvalue weighted by molar-refractivity contribution is 7.98. The number of fused-ring (bicyclic) bond motifs is 1. The van der Waals surface area contributed by atoms with Gasteiger partial charge in [0.1, 0.15) is 21.9 Å². The van der Waals surface area contributed by atoms with E-state index in [2.05, 4.69) is 16.0 Å². The summed E-state index contributed by atoms with van der Waals surface area (Å²) < 4.78 is 22.7. The lowest BCUT2D eigenvalue weighted by atomic mass is 10.0. The Morgan fingerprint density at radius 2 is 2.10 bits per heavy atom. The molecule has 3 atom stereocenters. The quantitative estimate of drug-likeness (QED) is 0.551. The Bertz CT molecular complexity index is 921. The molecule has 2 heterocycles. The van der Waals surface area contributed by atoms with Crippen molar-refractivity contribution in [2.45, 2.75) is 35.9 Å². The summed E-state index contributed by atoms with van der Waals surface area (Å²) in [6.07, 6.45) is 3.51. The van der Waals surface area contributed by atoms with E-state index in [1.165, 1.54) is 4.90 Å². The lowest BCUT2D eigenvalue weighted by Gasteiger charge is -2.36. The van der Waals surface area contributed by atoms with Crippen LogP contribution < -0.4 is 16.0 Å². The summed E-state index contributed by atoms with van der Waals surface area (Å²) in [6.45, 7) is 0.333. The number of benzene rings is 1. The van der Waals surface area contributed by atoms with Gasteiger partial charge in [0, 0.05) is 23.4 Å². The van der Waals surface area contributed by atoms with Crippen molar-refractivity contribution in [3.63, 3.8) is 0 Å². The lowest BCUT2D eigenvalue weighted by Crippen LogP contribution is -2.65. The zero-order chi connectivity index (χ0) is 21.2. The first kappa shape index (κ1) is 21.4. The first-order valence-electron chi connectivity index (χ1n) is 9.18. The summed E-state index contributed by atoms with van der Waals surface area (Å²) in [5.41, 5.74) is 0.634. The summed E-state index contributed by atoms with van der Waals surface area (Å²) in [5.74, 6) is -0.868. The molecule has 0 unspecified atom stereocenters. The highest BCUT2D eigenvalue weighted by Crippen LogP contribution is 2.24. The first-order chi connectivity index (χ1) is 13.7. The molecule has 11 heteroatoms. The van der Waals surface area contributed by atoms with Gasteiger partial charge in [-0.15, -0.1) is 11.8 Å². The van der Waals surface area contributed by atoms with Gasteiger partial charge in [-0.1, -0.05) is 6.07 Å². The SMILES string of the molecule is CSc1cccc(NC(=O)N[C@@H]2CCN3C(=O)[C@H](CCS(C)(=O)=O)NC(=O)[C@H]23)c1. The molecule has 2 saturated heterocycles. The third kappa shape index (κ3) is 5.21. The monoisotopic (exact) mass is 440 g/mol. The van der Waals surface area contributed by atoms with E-state index in [4.69, 9.17) is 0 Å². The molecule has 0 aliphatic carbocycles. The van der Waals surface area contributed by atoms with E-state index in [-0.39, 0.29) is 24.0 Å². The maximum Gasteiger partial charge on any atom is 0.319 e. The van der Waals surface area contributed by atoms with Crippen LogP contribution in [0.15, 0.2) is 29.2 Å². The molecule has 0 radical (unpaired) electrons. The minimum absolute atomic E-state index is 0.0387. The molecule has 1 aromatic rings. The topological polar surface area (TPSA) is 125 Å². The number of amides is 4. The molecule has 1 aromatic carbocycles. The van der Waals surface area contributed by atoms with E-state index in [9.17, 15) is 22.8 Å². The number of hydrogen-bond donors (Lipinski definition) is 3. The van der Waals surface area contributed by atoms with Crippen molar-refractivity contribution < 1.29 is 22.8 Å². The van der Waals surface area contributed by atoms with Crippen LogP contribution in [0, 0.1) is 0 Å². The Morgan fingerprint density at radius 3 is 2.79 bits per heavy atom. The summed E-state index contributed by atoms with van der Waals surface area (Å²) in [4.78, 5) is 40.0. The number of rotatable bonds is 6. The second kappa shape index (κ2) is 8.62. The summed E-state index contributed by atoms with van der Waals surface area (Å²) in [7, 11) is -3.24. The minimum atomic E-state index is -3.24. The lowest BCUT2D eigenvalue weighted by molar-refractivity contribution is -0.147. The number of carbonyl (C=O) groups is 3. The predicted molar refractivity (Wildman–Crippen MR) is 111 cm³/mol. The standard InChI is InChI=1S/C18H24N4O5S2/c1-28-12-5-3-4-11(10-12)19-18(25)21-13-6-8-22-15(13)16(23)20-14(17(22)24)7-9-29(2,26)27/h3-5,10,13-15H,6-9H2,1-2H3,(H,20,23)(H2,19,21,25)/t13-,14+,15+/m1/s1. The van der Waals surface area contributed by atoms with Crippen LogP contribution in [-0.2, 0) is 19.4 Å². The van der Waals surface area contributed by atoms with E-state index in [0.717, 1.165) is 11.2 Å². The highest BCUT2D eigenvalue weighted by Gasteiger charge is 2.48. The maximum atomic E-state index is 12.6. The van der Waals surface area contributed by atoms with Crippen LogP contribution in [0.1, 0.15) is 12.8 Å². The van der Waals surface area contributed by atoms with Gasteiger partial charge in [0.25, 0.3) is 0 Å². The fourth-order valence-electron chi connectivity index (χ4n) is 3.60. The van der Waals surface area contributed by atoms with Crippen molar-refractivity contribution in [2.24, 2.45) is 0 Å². The largest absolute Gasteiger partial charge is 0.342 e. The third-order valence-corrected chi connectivity index (χ3v) is 6.69. The summed E-state index contributed by atoms with van der Waals surface area (Å²) >= 11 is 1.56. The van der Waals surface area contributed by atoms with Crippen molar-refractivity contribution in [2.75, 3.05) is 30.1 Å². The molecule has 29 heavy (non-hydrogen) atoms. The molecular formula is C18H24N4O5S2. The molecule has 2 aliphatic heterocycles. The Labute approximate surface area is 173 Å². The number of urea groups is 1. The van der Waals surface area contributed by atoms with Crippen molar-refractivity contribution in [3.8, 4) is 0 Å². The van der Waals surface area contributed by atoms with Gasteiger partial charge < -0.3 is 20.9 Å². The van der Waals surface area contributed by atoms with Crippen LogP contribution in [-0.4, -0.2) is 74.1 Å². The zero-order valence-corrected chi connectivity index (χ0v) is 17.8. The van der Waals surface area contributed by atoms with Crippen LogP contribution in [0.4, 0.5) is 10.5 Å². The van der Waals surface area contributed by atoms with Crippen molar-refractivity contribution >= 4 is 45.1 Å². The predicted octanol–water partition coefficient (Wildman–Crippen LogP) is 0.433. The van der Waals surface area contributed by atoms with E-state index >= 15 is 0 Å². The summed E-state index contributed by atoms with van der Waals surface area (Å²) in [6, 6.07) is 4.77. The van der Waals surface area contributed by atoms with E-state index in [1.807, 2.05) is 24.5 Å². The second-order valence-corrected chi connectivity index (χ2v) is 10.3. The van der Waals surface area contributed by atoms with Gasteiger partial charge in [0.2, 0.25) is 11.8 Å². The molecule has 3 rings (SSSR count). The third-order valence-electron chi connectivity index (χ3n) is 4.99. The van der Waals surface area contributed by atoms with Crippen LogP contribution in [0.2, 0.25) is 0 Å². The van der Waals surface area contributed by atoms with Gasteiger partial charge in [-0.3, -0.25) is 9.59 Å². The molecule has 0 spiro atoms. The number of hydrogen-bond acceptors (Lipinski definition) is 6. The fourth-order valence-corrected chi connectivity index (χ4v) is 4.72. The Balaban J connectivity index is 1.61. The van der Waals surface area contributed by atoms with Gasteiger partial charge in [0.15, 0.2) is 0 Å². The Morgan fingerprint density at radius 1 is 1.34 bits per heavy atom. The average molecular weight is 441 g/mol. The molecule has 2 fully saturated rings. The molecular weight excluding hydrogens is 416 g/mol. The van der Waals surface area contributed by atoms with Crippen LogP contribution >= 0.6 is 11.8 Å². The molecule has 2 aliphatic rings. The van der Waals surface area contributed by atoms with Crippen LogP contribution in [0.3, 0.4) is 0 Å². The number of thioether (sulfide) groups is 1. The highest BCUT2D eigenvalue weighted by atomic mass is 32.2. The molecule has 0 aromatic heterocycles. The number of sulfone groups is 1. The number of nitrogens with zero attached hydrogens (tertiary/aromatic N) is 1. The fraction of sp³-hybridized carbons (Fsp3) is 0.500. The smallest absolute Gasteiger partial charge is 0.319 e. The van der Waals surface area contributed by atoms with Gasteiger partial charge in [-0.2, -0.15) is 0 Å². The minimum Gasteiger partial charge on any atom is -0.342 e. The van der Waals surface area contributed by atoms with E-state index in [0.29, 0.717) is 18.7 Å². The van der Waals surface area contributed by atoms with Gasteiger partial charge in [0.05, 0.1) is 11.8 Å². The molecule has 0 bridgehead atoms. The molecule has 3 N–H and O–H groups in total. The molecule has 0 saturated carbocycles. The van der Waals surface area contributed by atoms with Gasteiger partial charge in [-0.25, -0.2) is 13.2 Å². The Hall–Kier alpha value is -2.27. The van der Waals surface area contributed by atoms with Crippen molar-refractivity contribution in [1.82, 2.24) is 15.5 Å². The van der Waals surface area contributed by atoms with Crippen LogP contribution in [0.5, 0.6) is 0 Å². The molecule has 4 amide bonds. The average Bonchev–Trinajstić information content (AvgIpc) is 3.07. The van der Waals surface area contributed by atoms with Gasteiger partial charge in [-0.05, 0) is 37.3 Å². The molecule has 158 valence electrons. The first-order valence-corrected chi connectivity index (χ1v) is 12.5. The van der Waals surface area contributed by atoms with E-state index < -0.39 is 34.0 Å². The van der Waals surface area contributed by atoms with Gasteiger partial charge >= 0.3 is 6.03 Å². The normalized spacial score (nSPS) is 24.1. The van der Waals surface area contributed by atoms with Crippen molar-refractivity contribution in [3.05, 3.63) is 24.3 Å². The zero-order valence-electron chi connectivity index (χ0n) is 16.2. The number of carbonyl (C=O) groups excluding carboxylic acids is 3. The number of piperazine rings is 1. The summed E-state index contributed by atoms with van der Waals surface area (Å²) in [5, 5.41) is 8.13. The number of nitrogens with one attached hydrogen (secondary N) is 3. The van der Waals surface area contributed by atoms with E-state index in [1.54, 1.807) is 17.8 Å².